The van der Waals surface area contributed by atoms with E-state index in [2.05, 4.69) is 134 Å². The molecular formula is C39H62O3Si2. The quantitative estimate of drug-likeness (QED) is 0.0709. The molecule has 44 heavy (non-hydrogen) atoms. The monoisotopic (exact) mass is 634 g/mol. The first-order chi connectivity index (χ1) is 20.7. The highest BCUT2D eigenvalue weighted by molar-refractivity contribution is 6.99. The number of benzene rings is 2. The summed E-state index contributed by atoms with van der Waals surface area (Å²) in [5.74, 6) is 7.06. The Kier molecular flexibility index (Phi) is 15.8. The second-order valence-electron chi connectivity index (χ2n) is 15.0. The van der Waals surface area contributed by atoms with Crippen LogP contribution in [-0.4, -0.2) is 35.1 Å². The second kappa shape index (κ2) is 18.2. The van der Waals surface area contributed by atoms with Crippen LogP contribution in [0.1, 0.15) is 119 Å². The third-order valence-corrected chi connectivity index (χ3v) is 18.9. The molecule has 0 amide bonds. The zero-order valence-electron chi connectivity index (χ0n) is 29.5. The molecule has 0 saturated carbocycles. The van der Waals surface area contributed by atoms with E-state index in [1.54, 1.807) is 0 Å². The number of aldehydes is 1. The van der Waals surface area contributed by atoms with Gasteiger partial charge in [0.05, 0.1) is 6.10 Å². The van der Waals surface area contributed by atoms with Crippen molar-refractivity contribution < 1.29 is 13.6 Å². The Morgan fingerprint density at radius 2 is 1.18 bits per heavy atom. The SMILES string of the molecule is C[C@H](C#CC[C@@H](CCCCCCCCCCC=O)O[Si](C)(C)C(C)(C)C)O[Si](c1ccccc1)(c1ccccc1)C(C)(C)C. The van der Waals surface area contributed by atoms with Crippen molar-refractivity contribution in [3.8, 4) is 11.8 Å². The van der Waals surface area contributed by atoms with Crippen LogP contribution < -0.4 is 10.4 Å². The van der Waals surface area contributed by atoms with Crippen molar-refractivity contribution in [2.24, 2.45) is 0 Å². The predicted molar refractivity (Wildman–Crippen MR) is 195 cm³/mol. The average Bonchev–Trinajstić information content (AvgIpc) is 2.96. The smallest absolute Gasteiger partial charge is 0.262 e. The lowest BCUT2D eigenvalue weighted by atomic mass is 10.0. The summed E-state index contributed by atoms with van der Waals surface area (Å²) in [5.41, 5.74) is 0. The third-order valence-electron chi connectivity index (χ3n) is 9.27. The summed E-state index contributed by atoms with van der Waals surface area (Å²) < 4.78 is 14.1. The van der Waals surface area contributed by atoms with Crippen LogP contribution in [0.2, 0.25) is 23.2 Å². The van der Waals surface area contributed by atoms with Gasteiger partial charge < -0.3 is 13.6 Å². The standard InChI is InChI=1S/C39H62O3Si2/c1-34(41-44(39(5,6)7,36-29-20-17-21-30-36)37-31-22-18-23-32-37)26-25-28-35(42-43(8,9)38(2,3)4)27-19-15-13-11-10-12-14-16-24-33-40/h17-18,20-23,29-35H,10-16,19,24,27-28H2,1-9H3/t34-,35-/m1/s1. The van der Waals surface area contributed by atoms with Crippen molar-refractivity contribution in [1.82, 2.24) is 0 Å². The highest BCUT2D eigenvalue weighted by Crippen LogP contribution is 2.39. The minimum Gasteiger partial charge on any atom is -0.413 e. The van der Waals surface area contributed by atoms with Gasteiger partial charge in [0.2, 0.25) is 0 Å². The van der Waals surface area contributed by atoms with Crippen LogP contribution in [0, 0.1) is 11.8 Å². The lowest BCUT2D eigenvalue weighted by molar-refractivity contribution is -0.107. The van der Waals surface area contributed by atoms with E-state index in [1.807, 2.05) is 0 Å². The van der Waals surface area contributed by atoms with E-state index in [0.717, 1.165) is 25.5 Å². The largest absolute Gasteiger partial charge is 0.413 e. The van der Waals surface area contributed by atoms with Crippen molar-refractivity contribution in [3.05, 3.63) is 60.7 Å². The van der Waals surface area contributed by atoms with E-state index in [0.29, 0.717) is 6.42 Å². The molecule has 2 aromatic rings. The summed E-state index contributed by atoms with van der Waals surface area (Å²) in [7, 11) is -4.55. The van der Waals surface area contributed by atoms with Gasteiger partial charge >= 0.3 is 0 Å². The summed E-state index contributed by atoms with van der Waals surface area (Å²) in [6.07, 6.45) is 13.2. The molecule has 5 heteroatoms. The molecule has 0 heterocycles. The van der Waals surface area contributed by atoms with Crippen LogP contribution in [0.4, 0.5) is 0 Å². The van der Waals surface area contributed by atoms with Crippen molar-refractivity contribution >= 4 is 33.3 Å². The molecule has 0 fully saturated rings. The third kappa shape index (κ3) is 11.7. The molecular weight excluding hydrogens is 573 g/mol. The Balaban J connectivity index is 2.14. The first-order valence-electron chi connectivity index (χ1n) is 17.1. The molecule has 2 atom stereocenters. The van der Waals surface area contributed by atoms with Crippen molar-refractivity contribution in [1.29, 1.82) is 0 Å². The van der Waals surface area contributed by atoms with Gasteiger partial charge in [0, 0.05) is 12.8 Å². The molecule has 0 bridgehead atoms. The molecule has 0 aliphatic rings. The fraction of sp³-hybridized carbons (Fsp3) is 0.615. The molecule has 0 unspecified atom stereocenters. The maximum Gasteiger partial charge on any atom is 0.262 e. The van der Waals surface area contributed by atoms with E-state index in [-0.39, 0.29) is 22.3 Å². The van der Waals surface area contributed by atoms with E-state index in [9.17, 15) is 4.79 Å². The molecule has 0 saturated heterocycles. The van der Waals surface area contributed by atoms with E-state index < -0.39 is 16.6 Å². The molecule has 0 aliphatic carbocycles. The summed E-state index contributed by atoms with van der Waals surface area (Å²) >= 11 is 0. The molecule has 0 spiro atoms. The van der Waals surface area contributed by atoms with Crippen LogP contribution in [0.25, 0.3) is 0 Å². The normalized spacial score (nSPS) is 14.0. The van der Waals surface area contributed by atoms with Gasteiger partial charge in [-0.15, -0.1) is 0 Å². The Labute approximate surface area is 273 Å². The Hall–Kier alpha value is -1.98. The molecule has 0 N–H and O–H groups in total. The highest BCUT2D eigenvalue weighted by Gasteiger charge is 2.51. The second-order valence-corrected chi connectivity index (χ2v) is 24.0. The Morgan fingerprint density at radius 3 is 1.64 bits per heavy atom. The lowest BCUT2D eigenvalue weighted by Gasteiger charge is -2.44. The van der Waals surface area contributed by atoms with E-state index >= 15 is 0 Å². The van der Waals surface area contributed by atoms with Gasteiger partial charge in [-0.05, 0) is 53.3 Å². The van der Waals surface area contributed by atoms with Crippen LogP contribution in [0.15, 0.2) is 60.7 Å². The molecule has 0 aliphatic heterocycles. The number of unbranched alkanes of at least 4 members (excludes halogenated alkanes) is 8. The van der Waals surface area contributed by atoms with Gasteiger partial charge in [-0.2, -0.15) is 0 Å². The average molecular weight is 635 g/mol. The van der Waals surface area contributed by atoms with Gasteiger partial charge in [-0.1, -0.05) is 159 Å². The van der Waals surface area contributed by atoms with Gasteiger partial charge in [-0.3, -0.25) is 0 Å². The van der Waals surface area contributed by atoms with Crippen LogP contribution in [0.5, 0.6) is 0 Å². The van der Waals surface area contributed by atoms with E-state index in [4.69, 9.17) is 8.85 Å². The maximum atomic E-state index is 10.5. The summed E-state index contributed by atoms with van der Waals surface area (Å²) in [5, 5.41) is 2.66. The topological polar surface area (TPSA) is 35.5 Å². The van der Waals surface area contributed by atoms with Crippen molar-refractivity contribution in [3.63, 3.8) is 0 Å². The van der Waals surface area contributed by atoms with Crippen LogP contribution in [-0.2, 0) is 13.6 Å². The molecule has 244 valence electrons. The van der Waals surface area contributed by atoms with Crippen molar-refractivity contribution in [2.75, 3.05) is 0 Å². The Morgan fingerprint density at radius 1 is 0.705 bits per heavy atom. The zero-order chi connectivity index (χ0) is 32.7. The molecule has 0 aromatic heterocycles. The number of hydrogen-bond donors (Lipinski definition) is 0. The fourth-order valence-corrected chi connectivity index (χ4v) is 11.8. The molecule has 0 radical (unpaired) electrons. The predicted octanol–water partition coefficient (Wildman–Crippen LogP) is 9.84. The molecule has 3 nitrogen and oxygen atoms in total. The van der Waals surface area contributed by atoms with Gasteiger partial charge in [0.15, 0.2) is 8.32 Å². The number of hydrogen-bond acceptors (Lipinski definition) is 3. The first kappa shape index (κ1) is 38.2. The maximum absolute atomic E-state index is 10.5. The van der Waals surface area contributed by atoms with E-state index in [1.165, 1.54) is 55.3 Å². The number of rotatable bonds is 18. The van der Waals surface area contributed by atoms with Gasteiger partial charge in [0.25, 0.3) is 8.32 Å². The van der Waals surface area contributed by atoms with Gasteiger partial charge in [-0.25, -0.2) is 0 Å². The summed E-state index contributed by atoms with van der Waals surface area (Å²) in [6.45, 7) is 20.7. The summed E-state index contributed by atoms with van der Waals surface area (Å²) in [4.78, 5) is 10.5. The zero-order valence-corrected chi connectivity index (χ0v) is 31.5. The summed E-state index contributed by atoms with van der Waals surface area (Å²) in [6, 6.07) is 21.6. The van der Waals surface area contributed by atoms with Crippen molar-refractivity contribution in [2.45, 2.75) is 154 Å². The molecule has 2 aromatic carbocycles. The number of carbonyl (C=O) groups excluding carboxylic acids is 1. The van der Waals surface area contributed by atoms with Gasteiger partial charge in [0.1, 0.15) is 12.4 Å². The fourth-order valence-electron chi connectivity index (χ4n) is 5.76. The minimum atomic E-state index is -2.64. The molecule has 2 rings (SSSR count). The minimum absolute atomic E-state index is 0.0743. The highest BCUT2D eigenvalue weighted by atomic mass is 28.4. The van der Waals surface area contributed by atoms with Crippen LogP contribution in [0.3, 0.4) is 0 Å². The Bertz CT molecular complexity index is 1100. The lowest BCUT2D eigenvalue weighted by Crippen LogP contribution is -2.67. The van der Waals surface area contributed by atoms with Crippen LogP contribution >= 0.6 is 0 Å². The first-order valence-corrected chi connectivity index (χ1v) is 21.9. The number of carbonyl (C=O) groups is 1.